The van der Waals surface area contributed by atoms with Crippen molar-refractivity contribution in [3.8, 4) is 11.3 Å². The molecule has 0 atom stereocenters. The average Bonchev–Trinajstić information content (AvgIpc) is 3.51. The third kappa shape index (κ3) is 6.29. The molecular weight excluding hydrogens is 582 g/mol. The van der Waals surface area contributed by atoms with Crippen LogP contribution >= 0.6 is 11.8 Å². The summed E-state index contributed by atoms with van der Waals surface area (Å²) < 4.78 is 6.96. The number of pyridine rings is 1. The van der Waals surface area contributed by atoms with Crippen molar-refractivity contribution in [3.63, 3.8) is 0 Å². The number of carbonyl (C=O) groups is 1. The summed E-state index contributed by atoms with van der Waals surface area (Å²) in [5, 5.41) is 16.4. The van der Waals surface area contributed by atoms with E-state index in [1.54, 1.807) is 4.52 Å². The summed E-state index contributed by atoms with van der Waals surface area (Å²) in [5.74, 6) is 0.724. The van der Waals surface area contributed by atoms with E-state index in [-0.39, 0.29) is 17.8 Å². The molecule has 1 N–H and O–H groups in total. The third-order valence-electron chi connectivity index (χ3n) is 8.59. The minimum absolute atomic E-state index is 0.0135. The summed E-state index contributed by atoms with van der Waals surface area (Å²) in [6.07, 6.45) is 8.45. The molecular formula is C35H39N7O2S. The van der Waals surface area contributed by atoms with Crippen molar-refractivity contribution in [2.24, 2.45) is 5.92 Å². The van der Waals surface area contributed by atoms with Gasteiger partial charge in [0, 0.05) is 41.5 Å². The molecule has 0 spiro atoms. The molecule has 1 saturated heterocycles. The molecule has 1 aliphatic heterocycles. The van der Waals surface area contributed by atoms with E-state index in [2.05, 4.69) is 65.2 Å². The fourth-order valence-corrected chi connectivity index (χ4v) is 6.48. The molecule has 0 unspecified atom stereocenters. The number of thioether (sulfide) groups is 1. The monoisotopic (exact) mass is 621 g/mol. The first-order valence-corrected chi connectivity index (χ1v) is 16.9. The molecule has 0 aliphatic carbocycles. The highest BCUT2D eigenvalue weighted by molar-refractivity contribution is 7.98. The van der Waals surface area contributed by atoms with Gasteiger partial charge in [-0.3, -0.25) is 9.78 Å². The van der Waals surface area contributed by atoms with Crippen LogP contribution in [0, 0.1) is 11.3 Å². The number of nitrogens with zero attached hydrogens (tertiary/aromatic N) is 6. The average molecular weight is 622 g/mol. The number of ether oxygens (including phenoxy) is 1. The second-order valence-corrected chi connectivity index (χ2v) is 12.5. The standard InChI is InChI=1S/C35H39N7O2S/c1-5-44-34(43)24-15-18-41(19-16-24)26-11-12-28-25(20-26)14-17-37-31(28)27-9-7-6-8-23(27)10-13-30(36)33-40-35(45-4)39-32-29(22(2)3)21-38-42(32)33/h6-9,11-12,14,17,20-22,24,36H,5,10,13,15-16,18-19H2,1-4H3. The molecule has 45 heavy (non-hydrogen) atoms. The smallest absolute Gasteiger partial charge is 0.309 e. The molecule has 4 heterocycles. The zero-order valence-corrected chi connectivity index (χ0v) is 27.1. The van der Waals surface area contributed by atoms with Crippen LogP contribution in [0.5, 0.6) is 0 Å². The molecule has 5 aromatic rings. The second kappa shape index (κ2) is 13.4. The van der Waals surface area contributed by atoms with E-state index in [0.29, 0.717) is 36.1 Å². The summed E-state index contributed by atoms with van der Waals surface area (Å²) in [7, 11) is 0. The number of hydrogen-bond donors (Lipinski definition) is 1. The van der Waals surface area contributed by atoms with Gasteiger partial charge in [0.05, 0.1) is 30.1 Å². The SMILES string of the molecule is CCOC(=O)C1CCN(c2ccc3c(-c4ccccc4CCC(=N)c4nc(SC)nc5c(C(C)C)cnn45)nccc3c2)CC1. The normalized spacial score (nSPS) is 14.0. The van der Waals surface area contributed by atoms with E-state index in [1.165, 1.54) is 11.8 Å². The number of piperidine rings is 1. The van der Waals surface area contributed by atoms with Crippen LogP contribution in [0.4, 0.5) is 5.69 Å². The number of aryl methyl sites for hydroxylation is 1. The zero-order chi connectivity index (χ0) is 31.5. The lowest BCUT2D eigenvalue weighted by Crippen LogP contribution is -2.36. The quantitative estimate of drug-likeness (QED) is 0.101. The predicted molar refractivity (Wildman–Crippen MR) is 181 cm³/mol. The van der Waals surface area contributed by atoms with Crippen LogP contribution < -0.4 is 4.90 Å². The van der Waals surface area contributed by atoms with E-state index >= 15 is 0 Å². The van der Waals surface area contributed by atoms with Crippen molar-refractivity contribution in [2.45, 2.75) is 57.5 Å². The molecule has 0 amide bonds. The summed E-state index contributed by atoms with van der Waals surface area (Å²) in [6, 6.07) is 16.9. The Morgan fingerprint density at radius 2 is 1.91 bits per heavy atom. The van der Waals surface area contributed by atoms with Crippen molar-refractivity contribution in [2.75, 3.05) is 30.9 Å². The molecule has 10 heteroatoms. The van der Waals surface area contributed by atoms with Crippen LogP contribution in [-0.2, 0) is 16.0 Å². The number of anilines is 1. The van der Waals surface area contributed by atoms with Crippen molar-refractivity contribution in [1.29, 1.82) is 5.41 Å². The lowest BCUT2D eigenvalue weighted by Gasteiger charge is -2.32. The molecule has 1 aliphatic rings. The van der Waals surface area contributed by atoms with Crippen molar-refractivity contribution < 1.29 is 9.53 Å². The first-order chi connectivity index (χ1) is 21.9. The van der Waals surface area contributed by atoms with Crippen molar-refractivity contribution in [3.05, 3.63) is 77.9 Å². The van der Waals surface area contributed by atoms with Gasteiger partial charge in [0.1, 0.15) is 0 Å². The number of benzene rings is 2. The van der Waals surface area contributed by atoms with E-state index in [9.17, 15) is 4.79 Å². The maximum atomic E-state index is 12.2. The van der Waals surface area contributed by atoms with E-state index in [4.69, 9.17) is 20.1 Å². The van der Waals surface area contributed by atoms with Gasteiger partial charge < -0.3 is 15.0 Å². The summed E-state index contributed by atoms with van der Waals surface area (Å²) in [6.45, 7) is 8.19. The number of esters is 1. The zero-order valence-electron chi connectivity index (χ0n) is 26.3. The number of rotatable bonds is 10. The minimum Gasteiger partial charge on any atom is -0.466 e. The number of hydrogen-bond acceptors (Lipinski definition) is 9. The van der Waals surface area contributed by atoms with Gasteiger partial charge in [-0.15, -0.1) is 0 Å². The van der Waals surface area contributed by atoms with E-state index in [0.717, 1.165) is 70.4 Å². The van der Waals surface area contributed by atoms with E-state index in [1.807, 2.05) is 37.7 Å². The molecule has 6 rings (SSSR count). The van der Waals surface area contributed by atoms with Gasteiger partial charge in [-0.2, -0.15) is 9.61 Å². The van der Waals surface area contributed by atoms with Crippen molar-refractivity contribution >= 4 is 45.5 Å². The van der Waals surface area contributed by atoms with Crippen molar-refractivity contribution in [1.82, 2.24) is 24.6 Å². The highest BCUT2D eigenvalue weighted by Gasteiger charge is 2.26. The number of aromatic nitrogens is 5. The molecule has 9 nitrogen and oxygen atoms in total. The van der Waals surface area contributed by atoms with Crippen LogP contribution in [0.2, 0.25) is 0 Å². The minimum atomic E-state index is -0.0723. The molecule has 0 bridgehead atoms. The molecule has 0 saturated carbocycles. The lowest BCUT2D eigenvalue weighted by atomic mass is 9.94. The number of fused-ring (bicyclic) bond motifs is 2. The molecule has 232 valence electrons. The van der Waals surface area contributed by atoms with Gasteiger partial charge in [-0.05, 0) is 73.9 Å². The first-order valence-electron chi connectivity index (χ1n) is 15.6. The molecule has 3 aromatic heterocycles. The van der Waals surface area contributed by atoms with Crippen LogP contribution in [0.25, 0.3) is 27.7 Å². The number of carbonyl (C=O) groups excluding carboxylic acids is 1. The lowest BCUT2D eigenvalue weighted by molar-refractivity contribution is -0.148. The van der Waals surface area contributed by atoms with Gasteiger partial charge in [0.2, 0.25) is 0 Å². The predicted octanol–water partition coefficient (Wildman–Crippen LogP) is 6.96. The topological polar surface area (TPSA) is 109 Å². The fourth-order valence-electron chi connectivity index (χ4n) is 6.12. The first kappa shape index (κ1) is 30.7. The van der Waals surface area contributed by atoms with Crippen LogP contribution in [0.1, 0.15) is 62.9 Å². The van der Waals surface area contributed by atoms with Crippen LogP contribution in [0.3, 0.4) is 0 Å². The van der Waals surface area contributed by atoms with Crippen LogP contribution in [-0.4, -0.2) is 62.2 Å². The Hall–Kier alpha value is -4.31. The highest BCUT2D eigenvalue weighted by atomic mass is 32.2. The molecule has 1 fully saturated rings. The third-order valence-corrected chi connectivity index (χ3v) is 9.14. The Balaban J connectivity index is 1.23. The van der Waals surface area contributed by atoms with Crippen LogP contribution in [0.15, 0.2) is 66.1 Å². The van der Waals surface area contributed by atoms with Gasteiger partial charge in [-0.1, -0.05) is 55.9 Å². The van der Waals surface area contributed by atoms with Gasteiger partial charge in [0.25, 0.3) is 0 Å². The van der Waals surface area contributed by atoms with E-state index < -0.39 is 0 Å². The van der Waals surface area contributed by atoms with Gasteiger partial charge in [0.15, 0.2) is 16.6 Å². The van der Waals surface area contributed by atoms with Gasteiger partial charge >= 0.3 is 5.97 Å². The number of nitrogens with one attached hydrogen (secondary N) is 1. The largest absolute Gasteiger partial charge is 0.466 e. The summed E-state index contributed by atoms with van der Waals surface area (Å²) >= 11 is 1.48. The highest BCUT2D eigenvalue weighted by Crippen LogP contribution is 2.33. The summed E-state index contributed by atoms with van der Waals surface area (Å²) in [5.41, 5.74) is 6.54. The Morgan fingerprint density at radius 3 is 2.67 bits per heavy atom. The Bertz CT molecular complexity index is 1860. The Morgan fingerprint density at radius 1 is 1.11 bits per heavy atom. The Labute approximate surface area is 268 Å². The maximum absolute atomic E-state index is 12.2. The van der Waals surface area contributed by atoms with Gasteiger partial charge in [-0.25, -0.2) is 9.97 Å². The molecule has 2 aromatic carbocycles. The maximum Gasteiger partial charge on any atom is 0.309 e. The Kier molecular flexibility index (Phi) is 9.11. The second-order valence-electron chi connectivity index (χ2n) is 11.7. The fraction of sp³-hybridized carbons (Fsp3) is 0.371. The molecule has 0 radical (unpaired) electrons. The summed E-state index contributed by atoms with van der Waals surface area (Å²) in [4.78, 5) is 28.8.